The average molecular weight is 276 g/mol. The molecule has 2 aromatic carbocycles. The molecule has 0 radical (unpaired) electrons. The summed E-state index contributed by atoms with van der Waals surface area (Å²) in [6.45, 7) is 6.55. The molecule has 0 spiro atoms. The second kappa shape index (κ2) is 5.33. The van der Waals surface area contributed by atoms with Crippen molar-refractivity contribution in [3.8, 4) is 11.3 Å². The van der Waals surface area contributed by atoms with Crippen molar-refractivity contribution in [2.24, 2.45) is 7.05 Å². The van der Waals surface area contributed by atoms with E-state index in [0.717, 1.165) is 6.42 Å². The van der Waals surface area contributed by atoms with Crippen LogP contribution in [0.15, 0.2) is 48.7 Å². The van der Waals surface area contributed by atoms with E-state index < -0.39 is 0 Å². The third-order valence-electron chi connectivity index (χ3n) is 4.26. The highest BCUT2D eigenvalue weighted by molar-refractivity contribution is 5.94. The molecule has 0 aliphatic carbocycles. The number of benzene rings is 2. The van der Waals surface area contributed by atoms with Gasteiger partial charge in [0.2, 0.25) is 5.69 Å². The molecule has 1 aromatic heterocycles. The molecule has 1 heteroatoms. The van der Waals surface area contributed by atoms with Gasteiger partial charge in [0.1, 0.15) is 7.05 Å². The fourth-order valence-electron chi connectivity index (χ4n) is 2.97. The van der Waals surface area contributed by atoms with E-state index in [1.807, 2.05) is 0 Å². The first-order chi connectivity index (χ1) is 10.1. The van der Waals surface area contributed by atoms with Gasteiger partial charge in [-0.1, -0.05) is 36.8 Å². The van der Waals surface area contributed by atoms with Gasteiger partial charge in [0.25, 0.3) is 0 Å². The summed E-state index contributed by atoms with van der Waals surface area (Å²) in [5.74, 6) is 0. The maximum absolute atomic E-state index is 2.34. The van der Waals surface area contributed by atoms with E-state index in [2.05, 4.69) is 81.0 Å². The molecule has 0 atom stereocenters. The molecule has 21 heavy (non-hydrogen) atoms. The van der Waals surface area contributed by atoms with Gasteiger partial charge >= 0.3 is 0 Å². The van der Waals surface area contributed by atoms with E-state index in [1.165, 1.54) is 38.7 Å². The van der Waals surface area contributed by atoms with Gasteiger partial charge in [-0.3, -0.25) is 0 Å². The fraction of sp³-hybridized carbons (Fsp3) is 0.250. The molecule has 1 nitrogen and oxygen atoms in total. The lowest BCUT2D eigenvalue weighted by Gasteiger charge is -2.10. The molecule has 3 aromatic rings. The number of aromatic nitrogens is 1. The highest BCUT2D eigenvalue weighted by Crippen LogP contribution is 2.29. The smallest absolute Gasteiger partial charge is 0.200 e. The van der Waals surface area contributed by atoms with Crippen LogP contribution in [-0.2, 0) is 13.5 Å². The zero-order chi connectivity index (χ0) is 15.0. The van der Waals surface area contributed by atoms with Crippen LogP contribution in [0.25, 0.3) is 22.0 Å². The summed E-state index contributed by atoms with van der Waals surface area (Å²) in [4.78, 5) is 0. The minimum atomic E-state index is 1.07. The third kappa shape index (κ3) is 2.44. The van der Waals surface area contributed by atoms with Gasteiger partial charge in [-0.15, -0.1) is 0 Å². The maximum atomic E-state index is 2.34. The van der Waals surface area contributed by atoms with E-state index in [1.54, 1.807) is 0 Å². The number of hydrogen-bond acceptors (Lipinski definition) is 0. The molecule has 0 amide bonds. The number of fused-ring (bicyclic) bond motifs is 1. The molecule has 1 heterocycles. The van der Waals surface area contributed by atoms with E-state index in [-0.39, 0.29) is 0 Å². The Kier molecular flexibility index (Phi) is 3.50. The Bertz CT molecular complexity index is 815. The van der Waals surface area contributed by atoms with Crippen LogP contribution >= 0.6 is 0 Å². The summed E-state index contributed by atoms with van der Waals surface area (Å²) in [5, 5.41) is 2.63. The normalized spacial score (nSPS) is 11.0. The SMILES string of the molecule is CCc1ccc(C)c(-c2c3ccc(C)cc3cc[n+]2C)c1. The van der Waals surface area contributed by atoms with E-state index in [4.69, 9.17) is 0 Å². The van der Waals surface area contributed by atoms with Gasteiger partial charge in [0, 0.05) is 11.6 Å². The van der Waals surface area contributed by atoms with Crippen LogP contribution in [0.2, 0.25) is 0 Å². The number of rotatable bonds is 2. The molecule has 0 fully saturated rings. The Morgan fingerprint density at radius 1 is 0.952 bits per heavy atom. The average Bonchev–Trinajstić information content (AvgIpc) is 2.48. The molecule has 0 saturated heterocycles. The Labute approximate surface area is 126 Å². The van der Waals surface area contributed by atoms with Crippen LogP contribution in [0.5, 0.6) is 0 Å². The molecular weight excluding hydrogens is 254 g/mol. The van der Waals surface area contributed by atoms with E-state index in [0.29, 0.717) is 0 Å². The Morgan fingerprint density at radius 2 is 1.76 bits per heavy atom. The standard InChI is InChI=1S/C20H22N/c1-5-16-8-7-15(3)19(13-16)20-18-9-6-14(2)12-17(18)10-11-21(20)4/h6-13H,5H2,1-4H3/q+1. The molecule has 106 valence electrons. The van der Waals surface area contributed by atoms with Crippen molar-refractivity contribution in [3.05, 3.63) is 65.4 Å². The van der Waals surface area contributed by atoms with Crippen molar-refractivity contribution >= 4 is 10.8 Å². The van der Waals surface area contributed by atoms with Crippen molar-refractivity contribution in [1.29, 1.82) is 0 Å². The van der Waals surface area contributed by atoms with Crippen molar-refractivity contribution < 1.29 is 4.57 Å². The summed E-state index contributed by atoms with van der Waals surface area (Å²) in [5.41, 5.74) is 6.67. The zero-order valence-electron chi connectivity index (χ0n) is 13.3. The molecule has 0 unspecified atom stereocenters. The molecule has 0 aliphatic rings. The zero-order valence-corrected chi connectivity index (χ0v) is 13.3. The number of nitrogens with zero attached hydrogens (tertiary/aromatic N) is 1. The van der Waals surface area contributed by atoms with Crippen LogP contribution in [-0.4, -0.2) is 0 Å². The summed E-state index contributed by atoms with van der Waals surface area (Å²) in [6.07, 6.45) is 3.23. The Balaban J connectivity index is 2.36. The lowest BCUT2D eigenvalue weighted by atomic mass is 9.96. The summed E-state index contributed by atoms with van der Waals surface area (Å²) in [7, 11) is 2.13. The summed E-state index contributed by atoms with van der Waals surface area (Å²) < 4.78 is 2.24. The first kappa shape index (κ1) is 13.8. The number of pyridine rings is 1. The molecular formula is C20H22N+. The van der Waals surface area contributed by atoms with Crippen LogP contribution in [0.4, 0.5) is 0 Å². The van der Waals surface area contributed by atoms with Gasteiger partial charge in [-0.25, -0.2) is 4.57 Å². The molecule has 0 saturated carbocycles. The Morgan fingerprint density at radius 3 is 2.52 bits per heavy atom. The van der Waals surface area contributed by atoms with E-state index >= 15 is 0 Å². The maximum Gasteiger partial charge on any atom is 0.220 e. The molecule has 0 N–H and O–H groups in total. The van der Waals surface area contributed by atoms with Gasteiger partial charge in [-0.2, -0.15) is 0 Å². The molecule has 3 rings (SSSR count). The van der Waals surface area contributed by atoms with Gasteiger partial charge in [-0.05, 0) is 48.9 Å². The highest BCUT2D eigenvalue weighted by atomic mass is 14.9. The second-order valence-electron chi connectivity index (χ2n) is 5.87. The summed E-state index contributed by atoms with van der Waals surface area (Å²) in [6, 6.07) is 15.7. The molecule has 0 bridgehead atoms. The summed E-state index contributed by atoms with van der Waals surface area (Å²) >= 11 is 0. The largest absolute Gasteiger partial charge is 0.220 e. The predicted octanol–water partition coefficient (Wildman–Crippen LogP) is 4.51. The van der Waals surface area contributed by atoms with Crippen molar-refractivity contribution in [2.45, 2.75) is 27.2 Å². The topological polar surface area (TPSA) is 3.88 Å². The number of aryl methyl sites for hydroxylation is 4. The predicted molar refractivity (Wildman–Crippen MR) is 89.4 cm³/mol. The van der Waals surface area contributed by atoms with Crippen molar-refractivity contribution in [2.75, 3.05) is 0 Å². The van der Waals surface area contributed by atoms with Gasteiger partial charge in [0.05, 0.1) is 5.39 Å². The minimum Gasteiger partial charge on any atom is -0.200 e. The first-order valence-corrected chi connectivity index (χ1v) is 7.59. The lowest BCUT2D eigenvalue weighted by Crippen LogP contribution is -2.30. The van der Waals surface area contributed by atoms with Crippen LogP contribution in [0.3, 0.4) is 0 Å². The Hall–Kier alpha value is -2.15. The van der Waals surface area contributed by atoms with E-state index in [9.17, 15) is 0 Å². The van der Waals surface area contributed by atoms with Gasteiger partial charge < -0.3 is 0 Å². The minimum absolute atomic E-state index is 1.07. The van der Waals surface area contributed by atoms with Crippen molar-refractivity contribution in [1.82, 2.24) is 0 Å². The lowest BCUT2D eigenvalue weighted by molar-refractivity contribution is -0.659. The highest BCUT2D eigenvalue weighted by Gasteiger charge is 2.17. The van der Waals surface area contributed by atoms with Gasteiger partial charge in [0.15, 0.2) is 6.20 Å². The quantitative estimate of drug-likeness (QED) is 0.606. The molecule has 0 aliphatic heterocycles. The monoisotopic (exact) mass is 276 g/mol. The van der Waals surface area contributed by atoms with Crippen LogP contribution in [0.1, 0.15) is 23.6 Å². The van der Waals surface area contributed by atoms with Crippen LogP contribution < -0.4 is 4.57 Å². The third-order valence-corrected chi connectivity index (χ3v) is 4.26. The van der Waals surface area contributed by atoms with Crippen molar-refractivity contribution in [3.63, 3.8) is 0 Å². The first-order valence-electron chi connectivity index (χ1n) is 7.59. The fourth-order valence-corrected chi connectivity index (χ4v) is 2.97. The second-order valence-corrected chi connectivity index (χ2v) is 5.87. The van der Waals surface area contributed by atoms with Crippen LogP contribution in [0, 0.1) is 13.8 Å². The number of hydrogen-bond donors (Lipinski definition) is 0.